The summed E-state index contributed by atoms with van der Waals surface area (Å²) in [5.74, 6) is 1.39. The number of nitrogens with one attached hydrogen (secondary N) is 1. The predicted octanol–water partition coefficient (Wildman–Crippen LogP) is 3.57. The molecule has 132 valence electrons. The molecule has 1 aliphatic heterocycles. The molecule has 1 unspecified atom stereocenters. The van der Waals surface area contributed by atoms with E-state index in [4.69, 9.17) is 13.8 Å². The highest BCUT2D eigenvalue weighted by atomic mass is 16.3. The van der Waals surface area contributed by atoms with Gasteiger partial charge in [0.1, 0.15) is 17.7 Å². The van der Waals surface area contributed by atoms with Crippen LogP contribution in [0, 0.1) is 0 Å². The van der Waals surface area contributed by atoms with Crippen molar-refractivity contribution in [3.63, 3.8) is 0 Å². The highest BCUT2D eigenvalue weighted by Gasteiger charge is 2.42. The van der Waals surface area contributed by atoms with Crippen molar-refractivity contribution >= 4 is 11.7 Å². The molecule has 1 aromatic carbocycles. The van der Waals surface area contributed by atoms with Crippen LogP contribution in [0.2, 0.25) is 0 Å². The van der Waals surface area contributed by atoms with Crippen molar-refractivity contribution in [1.82, 2.24) is 4.98 Å². The first-order valence-electron chi connectivity index (χ1n) is 8.67. The fraction of sp³-hybridized carbons (Fsp3) is 0.0952. The van der Waals surface area contributed by atoms with Crippen molar-refractivity contribution in [2.75, 3.05) is 5.32 Å². The summed E-state index contributed by atoms with van der Waals surface area (Å²) in [5, 5.41) is 3.31. The number of fused-ring (bicyclic) bond motifs is 1. The van der Waals surface area contributed by atoms with E-state index >= 15 is 0 Å². The number of nitrogens with zero attached hydrogens (tertiary/aromatic N) is 2. The lowest BCUT2D eigenvalue weighted by molar-refractivity contribution is -0.551. The van der Waals surface area contributed by atoms with E-state index in [1.807, 2.05) is 48.5 Å². The van der Waals surface area contributed by atoms with E-state index in [9.17, 15) is 4.79 Å². The molecule has 1 N–H and O–H groups in total. The van der Waals surface area contributed by atoms with E-state index in [1.54, 1.807) is 29.6 Å². The highest BCUT2D eigenvalue weighted by molar-refractivity contribution is 5.86. The summed E-state index contributed by atoms with van der Waals surface area (Å²) in [7, 11) is 0. The van der Waals surface area contributed by atoms with Crippen LogP contribution in [0.15, 0.2) is 82.4 Å². The third kappa shape index (κ3) is 2.71. The first-order valence-corrected chi connectivity index (χ1v) is 8.67. The maximum atomic E-state index is 13.0. The Bertz CT molecular complexity index is 1090. The van der Waals surface area contributed by atoms with Gasteiger partial charge in [-0.15, -0.1) is 0 Å². The number of rotatable bonds is 4. The fourth-order valence-electron chi connectivity index (χ4n) is 3.33. The van der Waals surface area contributed by atoms with Gasteiger partial charge in [0.25, 0.3) is 0 Å². The van der Waals surface area contributed by atoms with Crippen molar-refractivity contribution in [2.45, 2.75) is 12.5 Å². The molecule has 0 saturated carbocycles. The van der Waals surface area contributed by atoms with Gasteiger partial charge < -0.3 is 8.83 Å². The van der Waals surface area contributed by atoms with Crippen molar-refractivity contribution < 1.29 is 18.2 Å². The normalized spacial score (nSPS) is 15.6. The van der Waals surface area contributed by atoms with Gasteiger partial charge in [-0.25, -0.2) is 9.78 Å². The molecule has 1 aliphatic rings. The molecule has 1 atom stereocenters. The van der Waals surface area contributed by atoms with Crippen LogP contribution in [0.3, 0.4) is 0 Å². The average Bonchev–Trinajstić information content (AvgIpc) is 3.46. The maximum Gasteiger partial charge on any atom is 0.359 e. The Morgan fingerprint density at radius 3 is 2.67 bits per heavy atom. The average molecular weight is 358 g/mol. The molecule has 3 aromatic heterocycles. The van der Waals surface area contributed by atoms with Gasteiger partial charge in [-0.05, 0) is 18.2 Å². The molecule has 5 rings (SSSR count). The van der Waals surface area contributed by atoms with E-state index < -0.39 is 6.04 Å². The Morgan fingerprint density at radius 1 is 1.04 bits per heavy atom. The number of carbonyl (C=O) groups is 1. The van der Waals surface area contributed by atoms with Gasteiger partial charge in [-0.3, -0.25) is 5.32 Å². The van der Waals surface area contributed by atoms with Crippen molar-refractivity contribution in [3.05, 3.63) is 79.3 Å². The first kappa shape index (κ1) is 15.6. The minimum atomic E-state index is -0.408. The van der Waals surface area contributed by atoms with Crippen LogP contribution < -0.4 is 9.88 Å². The molecule has 0 bridgehead atoms. The van der Waals surface area contributed by atoms with Gasteiger partial charge in [-0.2, -0.15) is 4.57 Å². The molecule has 0 fully saturated rings. The zero-order chi connectivity index (χ0) is 18.2. The number of furan rings is 2. The SMILES string of the molecule is O=C1C(Cc2ccco2)Nc2c(-c3ccoc3)nc(-c3ccccc3)c[n+]21. The van der Waals surface area contributed by atoms with Crippen LogP contribution in [0.5, 0.6) is 0 Å². The van der Waals surface area contributed by atoms with E-state index in [-0.39, 0.29) is 5.91 Å². The predicted molar refractivity (Wildman–Crippen MR) is 98.0 cm³/mol. The van der Waals surface area contributed by atoms with Gasteiger partial charge in [0.2, 0.25) is 6.04 Å². The Hall–Kier alpha value is -3.67. The Labute approximate surface area is 155 Å². The number of carbonyl (C=O) groups excluding carboxylic acids is 1. The van der Waals surface area contributed by atoms with E-state index in [0.29, 0.717) is 17.9 Å². The second kappa shape index (κ2) is 6.25. The summed E-state index contributed by atoms with van der Waals surface area (Å²) in [6.45, 7) is 0. The topological polar surface area (TPSA) is 72.2 Å². The second-order valence-electron chi connectivity index (χ2n) is 6.39. The Kier molecular flexibility index (Phi) is 3.60. The van der Waals surface area contributed by atoms with E-state index in [1.165, 1.54) is 0 Å². The standard InChI is InChI=1S/C21H15N3O3/c25-21-17(11-16-7-4-9-27-16)23-20-19(15-8-10-26-13-15)22-18(12-24(20)21)14-5-2-1-3-6-14/h1-10,12-13,17H,11H2/p+1. The number of benzene rings is 1. The molecular formula is C21H16N3O3+. The number of hydrogen-bond acceptors (Lipinski definition) is 5. The lowest BCUT2D eigenvalue weighted by Crippen LogP contribution is -2.43. The minimum absolute atomic E-state index is 0.0364. The van der Waals surface area contributed by atoms with Gasteiger partial charge in [-0.1, -0.05) is 30.3 Å². The first-order chi connectivity index (χ1) is 13.3. The van der Waals surface area contributed by atoms with Gasteiger partial charge >= 0.3 is 11.7 Å². The highest BCUT2D eigenvalue weighted by Crippen LogP contribution is 2.30. The third-order valence-electron chi connectivity index (χ3n) is 4.64. The van der Waals surface area contributed by atoms with Crippen LogP contribution in [0.1, 0.15) is 10.6 Å². The second-order valence-corrected chi connectivity index (χ2v) is 6.39. The fourth-order valence-corrected chi connectivity index (χ4v) is 3.33. The van der Waals surface area contributed by atoms with Crippen molar-refractivity contribution in [3.8, 4) is 22.5 Å². The van der Waals surface area contributed by atoms with E-state index in [0.717, 1.165) is 22.6 Å². The number of anilines is 1. The zero-order valence-corrected chi connectivity index (χ0v) is 14.3. The van der Waals surface area contributed by atoms with Crippen molar-refractivity contribution in [1.29, 1.82) is 0 Å². The van der Waals surface area contributed by atoms with Gasteiger partial charge in [0.05, 0.1) is 25.2 Å². The lowest BCUT2D eigenvalue weighted by Gasteiger charge is -2.05. The zero-order valence-electron chi connectivity index (χ0n) is 14.3. The smallest absolute Gasteiger partial charge is 0.359 e. The lowest BCUT2D eigenvalue weighted by atomic mass is 10.1. The summed E-state index contributed by atoms with van der Waals surface area (Å²) < 4.78 is 12.3. The van der Waals surface area contributed by atoms with Crippen LogP contribution in [0.4, 0.5) is 5.82 Å². The largest absolute Gasteiger partial charge is 0.472 e. The molecule has 27 heavy (non-hydrogen) atoms. The van der Waals surface area contributed by atoms with E-state index in [2.05, 4.69) is 5.32 Å². The molecule has 0 spiro atoms. The molecular weight excluding hydrogens is 342 g/mol. The molecule has 4 aromatic rings. The summed E-state index contributed by atoms with van der Waals surface area (Å²) in [4.78, 5) is 17.8. The third-order valence-corrected chi connectivity index (χ3v) is 4.64. The molecule has 4 heterocycles. The van der Waals surface area contributed by atoms with Gasteiger partial charge in [0, 0.05) is 11.1 Å². The minimum Gasteiger partial charge on any atom is -0.472 e. The summed E-state index contributed by atoms with van der Waals surface area (Å²) in [6, 6.07) is 14.9. The monoisotopic (exact) mass is 358 g/mol. The molecule has 0 radical (unpaired) electrons. The molecule has 6 nitrogen and oxygen atoms in total. The summed E-state index contributed by atoms with van der Waals surface area (Å²) >= 11 is 0. The molecule has 6 heteroatoms. The Balaban J connectivity index is 1.62. The molecule has 0 amide bonds. The van der Waals surface area contributed by atoms with Crippen LogP contribution in [-0.4, -0.2) is 16.9 Å². The van der Waals surface area contributed by atoms with Crippen LogP contribution in [0.25, 0.3) is 22.5 Å². The summed E-state index contributed by atoms with van der Waals surface area (Å²) in [6.07, 6.45) is 7.09. The molecule has 0 saturated heterocycles. The van der Waals surface area contributed by atoms with Crippen molar-refractivity contribution in [2.24, 2.45) is 0 Å². The molecule has 0 aliphatic carbocycles. The number of aromatic nitrogens is 2. The van der Waals surface area contributed by atoms with Crippen LogP contribution in [-0.2, 0) is 6.42 Å². The maximum absolute atomic E-state index is 13.0. The number of hydrogen-bond donors (Lipinski definition) is 1. The van der Waals surface area contributed by atoms with Gasteiger partial charge in [0.15, 0.2) is 5.69 Å². The Morgan fingerprint density at radius 2 is 1.93 bits per heavy atom. The summed E-state index contributed by atoms with van der Waals surface area (Å²) in [5.41, 5.74) is 3.17. The quantitative estimate of drug-likeness (QED) is 0.565. The van der Waals surface area contributed by atoms with Crippen LogP contribution >= 0.6 is 0 Å².